The lowest BCUT2D eigenvalue weighted by atomic mass is 10.0. The number of carbonyl (C=O) groups is 1. The Kier molecular flexibility index (Phi) is 5.33. The van der Waals surface area contributed by atoms with E-state index in [1.165, 1.54) is 18.9 Å². The highest BCUT2D eigenvalue weighted by Crippen LogP contribution is 2.12. The van der Waals surface area contributed by atoms with Crippen molar-refractivity contribution in [1.29, 1.82) is 0 Å². The first-order chi connectivity index (χ1) is 9.25. The van der Waals surface area contributed by atoms with E-state index in [4.69, 9.17) is 0 Å². The Labute approximate surface area is 113 Å². The predicted molar refractivity (Wildman–Crippen MR) is 73.1 cm³/mol. The van der Waals surface area contributed by atoms with Gasteiger partial charge in [-0.15, -0.1) is 0 Å². The molecule has 3 nitrogen and oxygen atoms in total. The average Bonchev–Trinajstić information content (AvgIpc) is 2.45. The van der Waals surface area contributed by atoms with E-state index >= 15 is 0 Å². The monoisotopic (exact) mass is 264 g/mol. The Morgan fingerprint density at radius 1 is 1.37 bits per heavy atom. The molecule has 1 aromatic rings. The van der Waals surface area contributed by atoms with Gasteiger partial charge in [-0.25, -0.2) is 4.39 Å². The molecule has 0 radical (unpaired) electrons. The first-order valence-corrected chi connectivity index (χ1v) is 6.99. The molecule has 0 spiro atoms. The van der Waals surface area contributed by atoms with Gasteiger partial charge in [0.05, 0.1) is 0 Å². The quantitative estimate of drug-likeness (QED) is 0.857. The highest BCUT2D eigenvalue weighted by atomic mass is 19.1. The van der Waals surface area contributed by atoms with Crippen LogP contribution in [0.5, 0.6) is 0 Å². The Morgan fingerprint density at radius 3 is 2.95 bits per heavy atom. The molecule has 1 aromatic carbocycles. The second-order valence-corrected chi connectivity index (χ2v) is 5.05. The lowest BCUT2D eigenvalue weighted by Gasteiger charge is -2.23. The summed E-state index contributed by atoms with van der Waals surface area (Å²) < 4.78 is 13.4. The minimum Gasteiger partial charge on any atom is -0.352 e. The zero-order chi connectivity index (χ0) is 13.5. The van der Waals surface area contributed by atoms with Crippen molar-refractivity contribution in [2.75, 3.05) is 6.54 Å². The molecule has 0 bridgehead atoms. The van der Waals surface area contributed by atoms with Crippen molar-refractivity contribution in [1.82, 2.24) is 10.6 Å². The van der Waals surface area contributed by atoms with E-state index in [1.807, 2.05) is 0 Å². The molecule has 1 aliphatic rings. The maximum Gasteiger partial charge on any atom is 0.220 e. The van der Waals surface area contributed by atoms with E-state index in [-0.39, 0.29) is 18.3 Å². The fourth-order valence-corrected chi connectivity index (χ4v) is 2.40. The Bertz CT molecular complexity index is 416. The van der Waals surface area contributed by atoms with Crippen molar-refractivity contribution in [3.8, 4) is 0 Å². The zero-order valence-corrected chi connectivity index (χ0v) is 11.1. The molecule has 1 heterocycles. The number of hydrogen-bond acceptors (Lipinski definition) is 2. The number of benzene rings is 1. The molecule has 19 heavy (non-hydrogen) atoms. The topological polar surface area (TPSA) is 41.1 Å². The summed E-state index contributed by atoms with van der Waals surface area (Å²) >= 11 is 0. The maximum atomic E-state index is 13.4. The van der Waals surface area contributed by atoms with Gasteiger partial charge in [-0.1, -0.05) is 24.6 Å². The summed E-state index contributed by atoms with van der Waals surface area (Å²) in [6.45, 7) is 1.32. The molecule has 0 aromatic heterocycles. The number of halogens is 1. The SMILES string of the molecule is O=C(CCC1CCCCN1)NCc1ccccc1F. The van der Waals surface area contributed by atoms with Crippen LogP contribution in [0.1, 0.15) is 37.7 Å². The van der Waals surface area contributed by atoms with Crippen molar-refractivity contribution in [3.05, 3.63) is 35.6 Å². The van der Waals surface area contributed by atoms with E-state index in [2.05, 4.69) is 10.6 Å². The summed E-state index contributed by atoms with van der Waals surface area (Å²) in [5.41, 5.74) is 0.534. The van der Waals surface area contributed by atoms with Crippen LogP contribution in [0, 0.1) is 5.82 Å². The minimum atomic E-state index is -0.267. The molecular formula is C15H21FN2O. The summed E-state index contributed by atoms with van der Waals surface area (Å²) in [5.74, 6) is -0.271. The van der Waals surface area contributed by atoms with Gasteiger partial charge < -0.3 is 10.6 Å². The van der Waals surface area contributed by atoms with Crippen LogP contribution in [0.4, 0.5) is 4.39 Å². The van der Waals surface area contributed by atoms with Gasteiger partial charge in [-0.2, -0.15) is 0 Å². The highest BCUT2D eigenvalue weighted by molar-refractivity contribution is 5.75. The number of rotatable bonds is 5. The zero-order valence-electron chi connectivity index (χ0n) is 11.1. The molecule has 1 aliphatic heterocycles. The van der Waals surface area contributed by atoms with Gasteiger partial charge in [0.25, 0.3) is 0 Å². The van der Waals surface area contributed by atoms with E-state index in [0.717, 1.165) is 19.4 Å². The van der Waals surface area contributed by atoms with Crippen molar-refractivity contribution in [3.63, 3.8) is 0 Å². The highest BCUT2D eigenvalue weighted by Gasteiger charge is 2.14. The molecular weight excluding hydrogens is 243 g/mol. The van der Waals surface area contributed by atoms with Crippen LogP contribution in [0.25, 0.3) is 0 Å². The molecule has 2 N–H and O–H groups in total. The van der Waals surface area contributed by atoms with E-state index in [1.54, 1.807) is 18.2 Å². The van der Waals surface area contributed by atoms with E-state index in [0.29, 0.717) is 18.0 Å². The maximum absolute atomic E-state index is 13.4. The van der Waals surface area contributed by atoms with E-state index in [9.17, 15) is 9.18 Å². The van der Waals surface area contributed by atoms with Gasteiger partial charge in [0, 0.05) is 24.6 Å². The Balaban J connectivity index is 1.68. The average molecular weight is 264 g/mol. The lowest BCUT2D eigenvalue weighted by Crippen LogP contribution is -2.35. The third-order valence-corrected chi connectivity index (χ3v) is 3.57. The van der Waals surface area contributed by atoms with Gasteiger partial charge in [0.2, 0.25) is 5.91 Å². The van der Waals surface area contributed by atoms with Gasteiger partial charge in [0.1, 0.15) is 5.82 Å². The molecule has 1 unspecified atom stereocenters. The van der Waals surface area contributed by atoms with Gasteiger partial charge in [0.15, 0.2) is 0 Å². The van der Waals surface area contributed by atoms with Crippen LogP contribution in [-0.4, -0.2) is 18.5 Å². The first-order valence-electron chi connectivity index (χ1n) is 6.99. The molecule has 1 amide bonds. The minimum absolute atomic E-state index is 0.00405. The Hall–Kier alpha value is -1.42. The summed E-state index contributed by atoms with van der Waals surface area (Å²) in [6, 6.07) is 6.99. The standard InChI is InChI=1S/C15H21FN2O/c16-14-7-2-1-5-12(14)11-18-15(19)9-8-13-6-3-4-10-17-13/h1-2,5,7,13,17H,3-4,6,8-11H2,(H,18,19). The summed E-state index contributed by atoms with van der Waals surface area (Å²) in [6.07, 6.45) is 5.00. The smallest absolute Gasteiger partial charge is 0.220 e. The van der Waals surface area contributed by atoms with Crippen LogP contribution in [-0.2, 0) is 11.3 Å². The number of nitrogens with one attached hydrogen (secondary N) is 2. The fraction of sp³-hybridized carbons (Fsp3) is 0.533. The molecule has 1 atom stereocenters. The summed E-state index contributed by atoms with van der Waals surface area (Å²) in [7, 11) is 0. The van der Waals surface area contributed by atoms with Crippen LogP contribution >= 0.6 is 0 Å². The van der Waals surface area contributed by atoms with Gasteiger partial charge in [-0.05, 0) is 31.9 Å². The molecule has 0 aliphatic carbocycles. The summed E-state index contributed by atoms with van der Waals surface area (Å²) in [4.78, 5) is 11.7. The number of carbonyl (C=O) groups excluding carboxylic acids is 1. The molecule has 2 rings (SSSR count). The van der Waals surface area contributed by atoms with Crippen molar-refractivity contribution >= 4 is 5.91 Å². The van der Waals surface area contributed by atoms with Gasteiger partial charge in [-0.3, -0.25) is 4.79 Å². The second kappa shape index (κ2) is 7.24. The van der Waals surface area contributed by atoms with Crippen LogP contribution < -0.4 is 10.6 Å². The summed E-state index contributed by atoms with van der Waals surface area (Å²) in [5, 5.41) is 6.19. The lowest BCUT2D eigenvalue weighted by molar-refractivity contribution is -0.121. The second-order valence-electron chi connectivity index (χ2n) is 5.05. The molecule has 1 fully saturated rings. The number of piperidine rings is 1. The van der Waals surface area contributed by atoms with Crippen LogP contribution in [0.15, 0.2) is 24.3 Å². The van der Waals surface area contributed by atoms with Gasteiger partial charge >= 0.3 is 0 Å². The number of hydrogen-bond donors (Lipinski definition) is 2. The molecule has 1 saturated heterocycles. The van der Waals surface area contributed by atoms with Crippen molar-refractivity contribution in [2.24, 2.45) is 0 Å². The molecule has 0 saturated carbocycles. The third-order valence-electron chi connectivity index (χ3n) is 3.57. The largest absolute Gasteiger partial charge is 0.352 e. The normalized spacial score (nSPS) is 19.1. The molecule has 4 heteroatoms. The van der Waals surface area contributed by atoms with Crippen molar-refractivity contribution < 1.29 is 9.18 Å². The Morgan fingerprint density at radius 2 is 2.21 bits per heavy atom. The van der Waals surface area contributed by atoms with E-state index < -0.39 is 0 Å². The third kappa shape index (κ3) is 4.63. The molecule has 104 valence electrons. The first kappa shape index (κ1) is 14.0. The predicted octanol–water partition coefficient (Wildman–Crippen LogP) is 2.36. The number of amides is 1. The van der Waals surface area contributed by atoms with Crippen molar-refractivity contribution in [2.45, 2.75) is 44.7 Å². The van der Waals surface area contributed by atoms with Crippen LogP contribution in [0.2, 0.25) is 0 Å². The fourth-order valence-electron chi connectivity index (χ4n) is 2.40. The van der Waals surface area contributed by atoms with Crippen LogP contribution in [0.3, 0.4) is 0 Å².